The highest BCUT2D eigenvalue weighted by molar-refractivity contribution is 6.31. The van der Waals surface area contributed by atoms with Crippen molar-refractivity contribution in [2.45, 2.75) is 6.42 Å². The normalized spacial score (nSPS) is 10.4. The molecule has 0 radical (unpaired) electrons. The van der Waals surface area contributed by atoms with Gasteiger partial charge in [-0.15, -0.1) is 0 Å². The molecule has 92 valence electrons. The van der Waals surface area contributed by atoms with E-state index in [0.717, 1.165) is 6.07 Å². The Kier molecular flexibility index (Phi) is 3.72. The lowest BCUT2D eigenvalue weighted by atomic mass is 10.0. The van der Waals surface area contributed by atoms with Crippen LogP contribution < -0.4 is 0 Å². The smallest absolute Gasteiger partial charge is 0.167 e. The molecule has 0 aromatic heterocycles. The fourth-order valence-corrected chi connectivity index (χ4v) is 1.74. The number of hydrogen-bond donors (Lipinski definition) is 0. The monoisotopic (exact) mass is 266 g/mol. The third-order valence-corrected chi connectivity index (χ3v) is 2.81. The number of carbonyl (C=O) groups excluding carboxylic acids is 1. The Morgan fingerprint density at radius 2 is 1.72 bits per heavy atom. The molecule has 2 rings (SSSR count). The topological polar surface area (TPSA) is 17.1 Å². The minimum absolute atomic E-state index is 0.0834. The minimum atomic E-state index is -0.560. The van der Waals surface area contributed by atoms with Gasteiger partial charge < -0.3 is 0 Å². The maximum absolute atomic E-state index is 12.9. The second-order valence-electron chi connectivity index (χ2n) is 3.86. The molecule has 0 atom stereocenters. The van der Waals surface area contributed by atoms with E-state index in [2.05, 4.69) is 0 Å². The number of ketones is 1. The first-order valence-electron chi connectivity index (χ1n) is 5.29. The fraction of sp³-hybridized carbons (Fsp3) is 0.0714. The van der Waals surface area contributed by atoms with E-state index >= 15 is 0 Å². The van der Waals surface area contributed by atoms with Gasteiger partial charge in [0.2, 0.25) is 0 Å². The van der Waals surface area contributed by atoms with Crippen LogP contribution in [0.3, 0.4) is 0 Å². The van der Waals surface area contributed by atoms with E-state index < -0.39 is 5.82 Å². The fourth-order valence-electron chi connectivity index (χ4n) is 1.56. The molecule has 0 fully saturated rings. The summed E-state index contributed by atoms with van der Waals surface area (Å²) < 4.78 is 25.6. The summed E-state index contributed by atoms with van der Waals surface area (Å²) in [5, 5.41) is -0.0834. The van der Waals surface area contributed by atoms with Crippen LogP contribution in [0.4, 0.5) is 8.78 Å². The Labute approximate surface area is 108 Å². The molecule has 0 spiro atoms. The molecular formula is C14H9ClF2O. The van der Waals surface area contributed by atoms with Crippen molar-refractivity contribution < 1.29 is 13.6 Å². The van der Waals surface area contributed by atoms with Crippen molar-refractivity contribution >= 4 is 17.4 Å². The van der Waals surface area contributed by atoms with Crippen LogP contribution >= 0.6 is 11.6 Å². The van der Waals surface area contributed by atoms with Gasteiger partial charge in [-0.25, -0.2) is 8.78 Å². The quantitative estimate of drug-likeness (QED) is 0.766. The first-order valence-corrected chi connectivity index (χ1v) is 5.67. The van der Waals surface area contributed by atoms with Crippen LogP contribution in [0.25, 0.3) is 0 Å². The molecule has 18 heavy (non-hydrogen) atoms. The molecule has 0 unspecified atom stereocenters. The zero-order valence-corrected chi connectivity index (χ0v) is 10.0. The lowest BCUT2D eigenvalue weighted by molar-refractivity contribution is 0.0993. The second-order valence-corrected chi connectivity index (χ2v) is 4.26. The Morgan fingerprint density at radius 3 is 2.33 bits per heavy atom. The molecule has 4 heteroatoms. The summed E-state index contributed by atoms with van der Waals surface area (Å²) in [6.45, 7) is 0. The highest BCUT2D eigenvalue weighted by Gasteiger charge is 2.09. The molecule has 0 aliphatic carbocycles. The summed E-state index contributed by atoms with van der Waals surface area (Å²) >= 11 is 5.60. The van der Waals surface area contributed by atoms with Gasteiger partial charge in [0.25, 0.3) is 0 Å². The van der Waals surface area contributed by atoms with Gasteiger partial charge in [0, 0.05) is 12.0 Å². The molecule has 1 nitrogen and oxygen atoms in total. The van der Waals surface area contributed by atoms with Gasteiger partial charge in [-0.05, 0) is 35.9 Å². The largest absolute Gasteiger partial charge is 0.294 e. The van der Waals surface area contributed by atoms with Crippen LogP contribution in [0.2, 0.25) is 5.02 Å². The summed E-state index contributed by atoms with van der Waals surface area (Å²) in [7, 11) is 0. The summed E-state index contributed by atoms with van der Waals surface area (Å²) in [6, 6.07) is 9.49. The maximum Gasteiger partial charge on any atom is 0.167 e. The van der Waals surface area contributed by atoms with Crippen molar-refractivity contribution in [3.8, 4) is 0 Å². The minimum Gasteiger partial charge on any atom is -0.294 e. The summed E-state index contributed by atoms with van der Waals surface area (Å²) in [5.74, 6) is -1.10. The molecule has 2 aromatic carbocycles. The van der Waals surface area contributed by atoms with Crippen LogP contribution in [0.15, 0.2) is 42.5 Å². The Hall–Kier alpha value is -1.74. The van der Waals surface area contributed by atoms with E-state index in [4.69, 9.17) is 11.6 Å². The number of hydrogen-bond acceptors (Lipinski definition) is 1. The molecule has 0 saturated carbocycles. The van der Waals surface area contributed by atoms with E-state index in [1.165, 1.54) is 24.3 Å². The molecule has 0 N–H and O–H groups in total. The van der Waals surface area contributed by atoms with Crippen LogP contribution in [0.5, 0.6) is 0 Å². The maximum atomic E-state index is 12.9. The highest BCUT2D eigenvalue weighted by Crippen LogP contribution is 2.17. The van der Waals surface area contributed by atoms with Gasteiger partial charge in [-0.3, -0.25) is 4.79 Å². The standard InChI is InChI=1S/C14H9ClF2O/c15-12-8-10(3-6-13(12)17)14(18)7-9-1-4-11(16)5-2-9/h1-6,8H,7H2. The van der Waals surface area contributed by atoms with E-state index in [1.807, 2.05) is 0 Å². The van der Waals surface area contributed by atoms with Crippen molar-refractivity contribution in [3.05, 3.63) is 70.2 Å². The number of benzene rings is 2. The van der Waals surface area contributed by atoms with Gasteiger partial charge in [0.05, 0.1) is 5.02 Å². The lowest BCUT2D eigenvalue weighted by Crippen LogP contribution is -2.03. The van der Waals surface area contributed by atoms with Gasteiger partial charge >= 0.3 is 0 Å². The molecule has 0 amide bonds. The third kappa shape index (κ3) is 2.93. The van der Waals surface area contributed by atoms with Crippen LogP contribution in [-0.4, -0.2) is 5.78 Å². The Bertz CT molecular complexity index is 579. The number of halogens is 3. The predicted molar refractivity (Wildman–Crippen MR) is 65.8 cm³/mol. The van der Waals surface area contributed by atoms with Crippen molar-refractivity contribution in [2.75, 3.05) is 0 Å². The number of carbonyl (C=O) groups is 1. The van der Waals surface area contributed by atoms with Crippen molar-refractivity contribution in [1.29, 1.82) is 0 Å². The molecular weight excluding hydrogens is 258 g/mol. The van der Waals surface area contributed by atoms with E-state index in [1.54, 1.807) is 12.1 Å². The zero-order chi connectivity index (χ0) is 13.1. The summed E-state index contributed by atoms with van der Waals surface area (Å²) in [6.07, 6.45) is 0.127. The Morgan fingerprint density at radius 1 is 1.06 bits per heavy atom. The molecule has 0 heterocycles. The van der Waals surface area contributed by atoms with Gasteiger partial charge in [-0.2, -0.15) is 0 Å². The molecule has 0 aliphatic heterocycles. The first kappa shape index (κ1) is 12.7. The van der Waals surface area contributed by atoms with Crippen LogP contribution in [-0.2, 0) is 6.42 Å². The summed E-state index contributed by atoms with van der Waals surface area (Å²) in [5.41, 5.74) is 1.03. The van der Waals surface area contributed by atoms with Crippen molar-refractivity contribution in [2.24, 2.45) is 0 Å². The average molecular weight is 267 g/mol. The second kappa shape index (κ2) is 5.27. The Balaban J connectivity index is 2.16. The van der Waals surface area contributed by atoms with Crippen LogP contribution in [0, 0.1) is 11.6 Å². The van der Waals surface area contributed by atoms with E-state index in [-0.39, 0.29) is 23.0 Å². The summed E-state index contributed by atoms with van der Waals surface area (Å²) in [4.78, 5) is 11.9. The van der Waals surface area contributed by atoms with E-state index in [9.17, 15) is 13.6 Å². The zero-order valence-electron chi connectivity index (χ0n) is 9.29. The molecule has 0 saturated heterocycles. The van der Waals surface area contributed by atoms with Crippen LogP contribution in [0.1, 0.15) is 15.9 Å². The van der Waals surface area contributed by atoms with Gasteiger partial charge in [0.1, 0.15) is 11.6 Å². The molecule has 0 bridgehead atoms. The molecule has 2 aromatic rings. The van der Waals surface area contributed by atoms with Gasteiger partial charge in [0.15, 0.2) is 5.78 Å². The predicted octanol–water partition coefficient (Wildman–Crippen LogP) is 4.04. The number of rotatable bonds is 3. The molecule has 0 aliphatic rings. The highest BCUT2D eigenvalue weighted by atomic mass is 35.5. The van der Waals surface area contributed by atoms with Crippen molar-refractivity contribution in [1.82, 2.24) is 0 Å². The van der Waals surface area contributed by atoms with Crippen molar-refractivity contribution in [3.63, 3.8) is 0 Å². The SMILES string of the molecule is O=C(Cc1ccc(F)cc1)c1ccc(F)c(Cl)c1. The van der Waals surface area contributed by atoms with Gasteiger partial charge in [-0.1, -0.05) is 23.7 Å². The first-order chi connectivity index (χ1) is 8.56. The average Bonchev–Trinajstić information content (AvgIpc) is 2.35. The van der Waals surface area contributed by atoms with E-state index in [0.29, 0.717) is 11.1 Å². The number of Topliss-reactive ketones (excluding diaryl/α,β-unsaturated/α-hetero) is 1. The lowest BCUT2D eigenvalue weighted by Gasteiger charge is -2.03. The third-order valence-electron chi connectivity index (χ3n) is 2.52.